The van der Waals surface area contributed by atoms with Gasteiger partial charge in [0.05, 0.1) is 28.5 Å². The highest BCUT2D eigenvalue weighted by atomic mass is 35.5. The third kappa shape index (κ3) is 4.39. The lowest BCUT2D eigenvalue weighted by molar-refractivity contribution is -0.149. The molecule has 7 rings (SSSR count). The Bertz CT molecular complexity index is 1710. The summed E-state index contributed by atoms with van der Waals surface area (Å²) in [5.41, 5.74) is 7.87. The van der Waals surface area contributed by atoms with Crippen molar-refractivity contribution in [3.05, 3.63) is 71.0 Å². The largest absolute Gasteiger partial charge is 0.338 e. The minimum Gasteiger partial charge on any atom is -0.338 e. The van der Waals surface area contributed by atoms with E-state index in [0.717, 1.165) is 82.5 Å². The first-order chi connectivity index (χ1) is 20.1. The van der Waals surface area contributed by atoms with E-state index < -0.39 is 10.8 Å². The van der Waals surface area contributed by atoms with Crippen molar-refractivity contribution in [3.63, 3.8) is 0 Å². The van der Waals surface area contributed by atoms with Crippen LogP contribution in [0.2, 0.25) is 5.02 Å². The Morgan fingerprint density at radius 2 is 1.95 bits per heavy atom. The topological polar surface area (TPSA) is 111 Å². The SMILES string of the molecule is C=CC(=O)N1CC2(CC(n3nc(-c4ccc(CN5CCCS5(O)O)cc4)c(-c4c(Cl)c(C)cc5[nH]ncc45)c3C)C2)C1. The molecule has 3 fully saturated rings. The molecule has 220 valence electrons. The van der Waals surface area contributed by atoms with Crippen LogP contribution in [0.4, 0.5) is 0 Å². The highest BCUT2D eigenvalue weighted by Gasteiger charge is 2.54. The molecule has 4 heterocycles. The first-order valence-corrected chi connectivity index (χ1v) is 16.4. The zero-order chi connectivity index (χ0) is 29.4. The normalized spacial score (nSPS) is 20.5. The Morgan fingerprint density at radius 3 is 2.62 bits per heavy atom. The van der Waals surface area contributed by atoms with Gasteiger partial charge in [-0.3, -0.25) is 23.7 Å². The van der Waals surface area contributed by atoms with Gasteiger partial charge in [0.1, 0.15) is 5.69 Å². The zero-order valence-electron chi connectivity index (χ0n) is 23.8. The highest BCUT2D eigenvalue weighted by molar-refractivity contribution is 8.22. The van der Waals surface area contributed by atoms with E-state index in [2.05, 4.69) is 40.5 Å². The smallest absolute Gasteiger partial charge is 0.245 e. The van der Waals surface area contributed by atoms with Gasteiger partial charge in [0, 0.05) is 59.4 Å². The minimum absolute atomic E-state index is 0.000358. The second-order valence-electron chi connectivity index (χ2n) is 12.2. The maximum Gasteiger partial charge on any atom is 0.245 e. The van der Waals surface area contributed by atoms with Crippen molar-refractivity contribution in [2.24, 2.45) is 5.41 Å². The monoisotopic (exact) mass is 606 g/mol. The maximum absolute atomic E-state index is 12.0. The molecule has 11 heteroatoms. The Balaban J connectivity index is 1.26. The number of carbonyl (C=O) groups excluding carboxylic acids is 1. The Labute approximate surface area is 251 Å². The van der Waals surface area contributed by atoms with E-state index in [1.807, 2.05) is 36.2 Å². The van der Waals surface area contributed by atoms with Gasteiger partial charge in [-0.1, -0.05) is 42.4 Å². The minimum atomic E-state index is -2.67. The van der Waals surface area contributed by atoms with Crippen LogP contribution < -0.4 is 0 Å². The second kappa shape index (κ2) is 9.96. The fourth-order valence-corrected chi connectivity index (χ4v) is 8.91. The Hall–Kier alpha value is -3.15. The van der Waals surface area contributed by atoms with Crippen molar-refractivity contribution >= 4 is 39.2 Å². The van der Waals surface area contributed by atoms with Gasteiger partial charge in [0.25, 0.3) is 0 Å². The number of aryl methyl sites for hydroxylation is 1. The average Bonchev–Trinajstić information content (AvgIpc) is 3.61. The van der Waals surface area contributed by atoms with Crippen LogP contribution in [0.15, 0.2) is 49.2 Å². The van der Waals surface area contributed by atoms with Gasteiger partial charge in [0.2, 0.25) is 5.91 Å². The third-order valence-electron chi connectivity index (χ3n) is 9.31. The summed E-state index contributed by atoms with van der Waals surface area (Å²) in [6.45, 7) is 10.5. The molecular weight excluding hydrogens is 572 g/mol. The molecule has 42 heavy (non-hydrogen) atoms. The molecule has 1 aliphatic carbocycles. The number of H-pyrrole nitrogens is 1. The number of likely N-dealkylation sites (tertiary alicyclic amines) is 1. The lowest BCUT2D eigenvalue weighted by Gasteiger charge is -2.58. The van der Waals surface area contributed by atoms with E-state index in [0.29, 0.717) is 23.9 Å². The highest BCUT2D eigenvalue weighted by Crippen LogP contribution is 2.55. The standard InChI is InChI=1S/C31H35ClN6O3S/c1-4-26(39)36-17-31(18-36)13-23(14-31)38-20(3)27(28-24-15-33-34-25(24)12-19(2)29(28)32)30(35-38)22-8-6-21(7-9-22)16-37-10-5-11-42(37,40)41/h4,6-9,12,15,23,40-41H,1,5,10-11,13-14,16-18H2,2-3H3,(H,33,34). The molecular formula is C31H35ClN6O3S. The van der Waals surface area contributed by atoms with E-state index in [9.17, 15) is 13.9 Å². The molecule has 1 spiro atoms. The molecule has 4 aromatic rings. The molecule has 9 nitrogen and oxygen atoms in total. The van der Waals surface area contributed by atoms with Crippen molar-refractivity contribution in [1.29, 1.82) is 0 Å². The summed E-state index contributed by atoms with van der Waals surface area (Å²) in [6.07, 6.45) is 5.96. The maximum atomic E-state index is 12.0. The van der Waals surface area contributed by atoms with E-state index in [-0.39, 0.29) is 17.4 Å². The van der Waals surface area contributed by atoms with E-state index in [1.165, 1.54) is 6.08 Å². The van der Waals surface area contributed by atoms with Crippen molar-refractivity contribution in [1.82, 2.24) is 29.2 Å². The van der Waals surface area contributed by atoms with Crippen molar-refractivity contribution < 1.29 is 13.9 Å². The van der Waals surface area contributed by atoms with Crippen molar-refractivity contribution in [3.8, 4) is 22.4 Å². The van der Waals surface area contributed by atoms with Gasteiger partial charge in [-0.05, 0) is 56.4 Å². The van der Waals surface area contributed by atoms with Crippen LogP contribution in [-0.4, -0.2) is 69.6 Å². The van der Waals surface area contributed by atoms with Gasteiger partial charge in [0.15, 0.2) is 0 Å². The quantitative estimate of drug-likeness (QED) is 0.214. The number of benzene rings is 2. The summed E-state index contributed by atoms with van der Waals surface area (Å²) in [4.78, 5) is 13.9. The summed E-state index contributed by atoms with van der Waals surface area (Å²) in [7, 11) is -2.67. The predicted molar refractivity (Wildman–Crippen MR) is 167 cm³/mol. The van der Waals surface area contributed by atoms with Gasteiger partial charge < -0.3 is 4.90 Å². The Morgan fingerprint density at radius 1 is 1.21 bits per heavy atom. The van der Waals surface area contributed by atoms with Crippen molar-refractivity contribution in [2.45, 2.75) is 45.7 Å². The lowest BCUT2D eigenvalue weighted by atomic mass is 9.60. The summed E-state index contributed by atoms with van der Waals surface area (Å²) < 4.78 is 24.7. The number of halogens is 1. The summed E-state index contributed by atoms with van der Waals surface area (Å²) in [5.74, 6) is 0.441. The van der Waals surface area contributed by atoms with Crippen LogP contribution in [0.25, 0.3) is 33.3 Å². The van der Waals surface area contributed by atoms with Gasteiger partial charge in [-0.25, -0.2) is 4.31 Å². The number of aromatic nitrogens is 4. The van der Waals surface area contributed by atoms with Crippen LogP contribution >= 0.6 is 22.4 Å². The first kappa shape index (κ1) is 27.7. The number of aromatic amines is 1. The predicted octanol–water partition coefficient (Wildman–Crippen LogP) is 6.58. The number of hydrogen-bond acceptors (Lipinski definition) is 6. The van der Waals surface area contributed by atoms with E-state index in [1.54, 1.807) is 4.31 Å². The summed E-state index contributed by atoms with van der Waals surface area (Å²) in [6, 6.07) is 10.5. The number of amides is 1. The molecule has 3 aliphatic rings. The lowest BCUT2D eigenvalue weighted by Crippen LogP contribution is -2.63. The fraction of sp³-hybridized carbons (Fsp3) is 0.387. The van der Waals surface area contributed by atoms with Crippen LogP contribution in [0.1, 0.15) is 42.1 Å². The van der Waals surface area contributed by atoms with Crippen molar-refractivity contribution in [2.75, 3.05) is 25.4 Å². The molecule has 3 N–H and O–H groups in total. The van der Waals surface area contributed by atoms with E-state index >= 15 is 0 Å². The Kier molecular flexibility index (Phi) is 6.56. The molecule has 0 unspecified atom stereocenters. The van der Waals surface area contributed by atoms with Crippen LogP contribution in [0, 0.1) is 19.3 Å². The zero-order valence-corrected chi connectivity index (χ0v) is 25.4. The number of hydrogen-bond donors (Lipinski definition) is 3. The van der Waals surface area contributed by atoms with Gasteiger partial charge in [-0.2, -0.15) is 10.2 Å². The molecule has 0 bridgehead atoms. The first-order valence-electron chi connectivity index (χ1n) is 14.3. The third-order valence-corrected chi connectivity index (χ3v) is 11.8. The van der Waals surface area contributed by atoms with Crippen LogP contribution in [0.3, 0.4) is 0 Å². The summed E-state index contributed by atoms with van der Waals surface area (Å²) in [5, 5.41) is 14.3. The number of nitrogens with one attached hydrogen (secondary N) is 1. The fourth-order valence-electron chi connectivity index (χ4n) is 7.10. The molecule has 0 radical (unpaired) electrons. The molecule has 2 aliphatic heterocycles. The molecule has 0 atom stereocenters. The second-order valence-corrected chi connectivity index (χ2v) is 14.7. The molecule has 2 saturated heterocycles. The average molecular weight is 607 g/mol. The molecule has 1 saturated carbocycles. The number of fused-ring (bicyclic) bond motifs is 1. The summed E-state index contributed by atoms with van der Waals surface area (Å²) >= 11 is 7.04. The molecule has 2 aromatic heterocycles. The number of rotatable bonds is 6. The number of nitrogens with zero attached hydrogens (tertiary/aromatic N) is 5. The number of carbonyl (C=O) groups is 1. The van der Waals surface area contributed by atoms with Gasteiger partial charge >= 0.3 is 0 Å². The van der Waals surface area contributed by atoms with Crippen LogP contribution in [-0.2, 0) is 11.3 Å². The molecule has 1 amide bonds. The van der Waals surface area contributed by atoms with Crippen LogP contribution in [0.5, 0.6) is 0 Å². The molecule has 2 aromatic carbocycles. The van der Waals surface area contributed by atoms with E-state index in [4.69, 9.17) is 16.7 Å². The van der Waals surface area contributed by atoms with Gasteiger partial charge in [-0.15, -0.1) is 10.8 Å².